The molecular formula is C21H24BrN3O5S. The number of rotatable bonds is 9. The van der Waals surface area contributed by atoms with Crippen molar-refractivity contribution < 1.29 is 23.8 Å². The maximum atomic E-state index is 12.5. The summed E-state index contributed by atoms with van der Waals surface area (Å²) in [7, 11) is 0. The molecule has 2 amide bonds. The number of thiocarbonyl (C=S) groups is 1. The summed E-state index contributed by atoms with van der Waals surface area (Å²) >= 11 is 8.46. The van der Waals surface area contributed by atoms with Crippen LogP contribution in [0.25, 0.3) is 0 Å². The van der Waals surface area contributed by atoms with Crippen LogP contribution in [0.15, 0.2) is 46.9 Å². The van der Waals surface area contributed by atoms with Gasteiger partial charge in [0.2, 0.25) is 0 Å². The Morgan fingerprint density at radius 3 is 2.58 bits per heavy atom. The number of hydrazine groups is 1. The number of amides is 2. The summed E-state index contributed by atoms with van der Waals surface area (Å²) in [6, 6.07) is 12.2. The third-order valence-corrected chi connectivity index (χ3v) is 4.96. The fraction of sp³-hybridized carbons (Fsp3) is 0.286. The van der Waals surface area contributed by atoms with Crippen molar-refractivity contribution >= 4 is 45.1 Å². The van der Waals surface area contributed by atoms with Gasteiger partial charge in [0.15, 0.2) is 11.7 Å². The third kappa shape index (κ3) is 8.52. The minimum absolute atomic E-state index is 0.0676. The molecule has 0 aliphatic rings. The van der Waals surface area contributed by atoms with E-state index >= 15 is 0 Å². The van der Waals surface area contributed by atoms with Gasteiger partial charge in [-0.3, -0.25) is 25.8 Å². The molecule has 0 unspecified atom stereocenters. The normalized spacial score (nSPS) is 10.2. The van der Waals surface area contributed by atoms with E-state index in [2.05, 4.69) is 32.1 Å². The number of para-hydroxylation sites is 1. The highest BCUT2D eigenvalue weighted by Crippen LogP contribution is 2.21. The lowest BCUT2D eigenvalue weighted by atomic mass is 10.2. The van der Waals surface area contributed by atoms with Crippen LogP contribution in [0.3, 0.4) is 0 Å². The van der Waals surface area contributed by atoms with Gasteiger partial charge in [-0.15, -0.1) is 0 Å². The molecule has 2 rings (SSSR count). The number of halogens is 1. The molecule has 3 N–H and O–H groups in total. The molecule has 10 heteroatoms. The lowest BCUT2D eigenvalue weighted by molar-refractivity contribution is -0.123. The highest BCUT2D eigenvalue weighted by molar-refractivity contribution is 9.10. The van der Waals surface area contributed by atoms with Gasteiger partial charge in [-0.1, -0.05) is 28.1 Å². The van der Waals surface area contributed by atoms with Crippen molar-refractivity contribution in [3.8, 4) is 11.5 Å². The van der Waals surface area contributed by atoms with Gasteiger partial charge in [-0.2, -0.15) is 0 Å². The van der Waals surface area contributed by atoms with Crippen LogP contribution in [0.1, 0.15) is 22.8 Å². The zero-order valence-corrected chi connectivity index (χ0v) is 19.6. The molecule has 0 saturated carbocycles. The fourth-order valence-corrected chi connectivity index (χ4v) is 2.75. The SMILES string of the molecule is CCOCCOc1ccccc1C(=O)NC(=S)NNC(=O)COc1ccc(Br)c(C)c1. The number of nitrogens with one attached hydrogen (secondary N) is 3. The molecule has 166 valence electrons. The van der Waals surface area contributed by atoms with Crippen molar-refractivity contribution in [2.24, 2.45) is 0 Å². The molecule has 0 atom stereocenters. The molecule has 2 aromatic rings. The lowest BCUT2D eigenvalue weighted by Gasteiger charge is -2.14. The van der Waals surface area contributed by atoms with Gasteiger partial charge in [0.1, 0.15) is 18.1 Å². The number of hydrogen-bond donors (Lipinski definition) is 3. The summed E-state index contributed by atoms with van der Waals surface area (Å²) < 4.78 is 17.2. The molecule has 0 saturated heterocycles. The van der Waals surface area contributed by atoms with E-state index in [0.717, 1.165) is 10.0 Å². The Labute approximate surface area is 194 Å². The van der Waals surface area contributed by atoms with E-state index < -0.39 is 11.8 Å². The first-order valence-corrected chi connectivity index (χ1v) is 10.7. The van der Waals surface area contributed by atoms with E-state index in [0.29, 0.717) is 36.9 Å². The minimum atomic E-state index is -0.472. The van der Waals surface area contributed by atoms with E-state index in [1.165, 1.54) is 0 Å². The Hall–Kier alpha value is -2.69. The van der Waals surface area contributed by atoms with Crippen molar-refractivity contribution in [2.45, 2.75) is 13.8 Å². The molecule has 8 nitrogen and oxygen atoms in total. The zero-order chi connectivity index (χ0) is 22.6. The Morgan fingerprint density at radius 2 is 1.84 bits per heavy atom. The molecule has 0 aliphatic carbocycles. The van der Waals surface area contributed by atoms with Gasteiger partial charge in [0.25, 0.3) is 11.8 Å². The highest BCUT2D eigenvalue weighted by Gasteiger charge is 2.14. The average Bonchev–Trinajstić information content (AvgIpc) is 2.76. The number of carbonyl (C=O) groups excluding carboxylic acids is 2. The average molecular weight is 510 g/mol. The van der Waals surface area contributed by atoms with Gasteiger partial charge < -0.3 is 14.2 Å². The summed E-state index contributed by atoms with van der Waals surface area (Å²) in [6.45, 7) is 4.91. The second-order valence-corrected chi connectivity index (χ2v) is 7.46. The maximum absolute atomic E-state index is 12.5. The smallest absolute Gasteiger partial charge is 0.276 e. The number of ether oxygens (including phenoxy) is 3. The predicted molar refractivity (Wildman–Crippen MR) is 124 cm³/mol. The van der Waals surface area contributed by atoms with E-state index in [1.807, 2.05) is 26.0 Å². The Bertz CT molecular complexity index is 926. The van der Waals surface area contributed by atoms with Gasteiger partial charge in [0.05, 0.1) is 12.2 Å². The molecule has 2 aromatic carbocycles. The molecule has 0 spiro atoms. The van der Waals surface area contributed by atoms with E-state index in [-0.39, 0.29) is 11.7 Å². The highest BCUT2D eigenvalue weighted by atomic mass is 79.9. The fourth-order valence-electron chi connectivity index (χ4n) is 2.36. The van der Waals surface area contributed by atoms with Crippen LogP contribution in [-0.4, -0.2) is 43.4 Å². The molecule has 0 aromatic heterocycles. The van der Waals surface area contributed by atoms with Crippen molar-refractivity contribution in [2.75, 3.05) is 26.4 Å². The lowest BCUT2D eigenvalue weighted by Crippen LogP contribution is -2.49. The molecular weight excluding hydrogens is 486 g/mol. The topological polar surface area (TPSA) is 97.9 Å². The molecule has 0 radical (unpaired) electrons. The van der Waals surface area contributed by atoms with Gasteiger partial charge in [0, 0.05) is 11.1 Å². The summed E-state index contributed by atoms with van der Waals surface area (Å²) in [6.07, 6.45) is 0. The Kier molecular flexibility index (Phi) is 10.2. The second-order valence-electron chi connectivity index (χ2n) is 6.20. The van der Waals surface area contributed by atoms with E-state index in [4.69, 9.17) is 26.4 Å². The van der Waals surface area contributed by atoms with Crippen LogP contribution in [0.4, 0.5) is 0 Å². The van der Waals surface area contributed by atoms with Gasteiger partial charge >= 0.3 is 0 Å². The van der Waals surface area contributed by atoms with Gasteiger partial charge in [-0.25, -0.2) is 0 Å². The number of carbonyl (C=O) groups is 2. The largest absolute Gasteiger partial charge is 0.490 e. The molecule has 31 heavy (non-hydrogen) atoms. The molecule has 0 aliphatic heterocycles. The summed E-state index contributed by atoms with van der Waals surface area (Å²) in [5.41, 5.74) is 6.14. The summed E-state index contributed by atoms with van der Waals surface area (Å²) in [4.78, 5) is 24.4. The van der Waals surface area contributed by atoms with Gasteiger partial charge in [-0.05, 0) is 62.0 Å². The molecule has 0 bridgehead atoms. The van der Waals surface area contributed by atoms with Crippen LogP contribution in [0.2, 0.25) is 0 Å². The quantitative estimate of drug-likeness (QED) is 0.271. The number of hydrogen-bond acceptors (Lipinski definition) is 6. The van der Waals surface area contributed by atoms with Crippen molar-refractivity contribution in [1.82, 2.24) is 16.2 Å². The predicted octanol–water partition coefficient (Wildman–Crippen LogP) is 2.89. The second kappa shape index (κ2) is 12.9. The van der Waals surface area contributed by atoms with E-state index in [9.17, 15) is 9.59 Å². The van der Waals surface area contributed by atoms with Crippen LogP contribution in [0.5, 0.6) is 11.5 Å². The maximum Gasteiger partial charge on any atom is 0.276 e. The first-order valence-electron chi connectivity index (χ1n) is 9.49. The zero-order valence-electron chi connectivity index (χ0n) is 17.2. The van der Waals surface area contributed by atoms with Crippen molar-refractivity contribution in [1.29, 1.82) is 0 Å². The monoisotopic (exact) mass is 509 g/mol. The summed E-state index contributed by atoms with van der Waals surface area (Å²) in [5.74, 6) is 0.0366. The number of benzene rings is 2. The van der Waals surface area contributed by atoms with Crippen LogP contribution in [-0.2, 0) is 9.53 Å². The first-order chi connectivity index (χ1) is 14.9. The molecule has 0 fully saturated rings. The third-order valence-electron chi connectivity index (χ3n) is 3.86. The minimum Gasteiger partial charge on any atom is -0.490 e. The Morgan fingerprint density at radius 1 is 1.06 bits per heavy atom. The van der Waals surface area contributed by atoms with Crippen molar-refractivity contribution in [3.63, 3.8) is 0 Å². The Balaban J connectivity index is 1.78. The van der Waals surface area contributed by atoms with Crippen LogP contribution < -0.4 is 25.6 Å². The van der Waals surface area contributed by atoms with E-state index in [1.54, 1.807) is 30.3 Å². The number of aryl methyl sites for hydroxylation is 1. The molecule has 0 heterocycles. The first kappa shape index (κ1) is 24.6. The summed E-state index contributed by atoms with van der Waals surface area (Å²) in [5, 5.41) is 2.42. The standard InChI is InChI=1S/C21H24BrN3O5S/c1-3-28-10-11-29-18-7-5-4-6-16(18)20(27)23-21(31)25-24-19(26)13-30-15-8-9-17(22)14(2)12-15/h4-9,12H,3,10-11,13H2,1-2H3,(H,24,26)(H2,23,25,27,31). The van der Waals surface area contributed by atoms with Crippen molar-refractivity contribution in [3.05, 3.63) is 58.1 Å². The van der Waals surface area contributed by atoms with Crippen LogP contribution >= 0.6 is 28.1 Å². The van der Waals surface area contributed by atoms with Crippen LogP contribution in [0, 0.1) is 6.92 Å².